The molecule has 250 valence electrons. The number of halogens is 1. The molecule has 1 atom stereocenters. The Kier molecular flexibility index (Phi) is 12.8. The van der Waals surface area contributed by atoms with Gasteiger partial charge in [-0.3, -0.25) is 24.9 Å². The smallest absolute Gasteiger partial charge is 0.328 e. The third-order valence-corrected chi connectivity index (χ3v) is 7.69. The number of hydrogen-bond donors (Lipinski definition) is 5. The lowest BCUT2D eigenvalue weighted by molar-refractivity contribution is -0.145. The zero-order valence-corrected chi connectivity index (χ0v) is 27.2. The molecule has 8 N–H and O–H groups in total. The van der Waals surface area contributed by atoms with Crippen molar-refractivity contribution in [1.82, 2.24) is 25.6 Å². The molecule has 48 heavy (non-hydrogen) atoms. The second kappa shape index (κ2) is 17.4. The molecule has 2 aromatic carbocycles. The Labute approximate surface area is 283 Å². The lowest BCUT2D eigenvalue weighted by Gasteiger charge is -2.16. The number of carbonyl (C=O) groups excluding carboxylic acids is 3. The fourth-order valence-electron chi connectivity index (χ4n) is 4.81. The van der Waals surface area contributed by atoms with Crippen LogP contribution >= 0.6 is 11.6 Å². The van der Waals surface area contributed by atoms with Gasteiger partial charge in [0.15, 0.2) is 28.4 Å². The van der Waals surface area contributed by atoms with Crippen molar-refractivity contribution in [2.45, 2.75) is 44.6 Å². The largest absolute Gasteiger partial charge is 0.467 e. The van der Waals surface area contributed by atoms with Gasteiger partial charge in [-0.2, -0.15) is 0 Å². The highest BCUT2D eigenvalue weighted by Crippen LogP contribution is 2.22. The van der Waals surface area contributed by atoms with Crippen LogP contribution in [0.15, 0.2) is 78.0 Å². The SMILES string of the molecule is COC(=O)[C@H](Cc1ccncc1)NC(=O)CCc1ccc(-c2ccc(CCCCN=C(N)NC(=O)c3nc(Cl)c(N)nc3N)cc2)cc1. The number of aryl methyl sites for hydroxylation is 2. The summed E-state index contributed by atoms with van der Waals surface area (Å²) < 4.78 is 4.88. The molecule has 0 aliphatic carbocycles. The number of aliphatic imine (C=N–C) groups is 1. The normalized spacial score (nSPS) is 11.8. The Hall–Kier alpha value is -5.56. The van der Waals surface area contributed by atoms with Gasteiger partial charge in [-0.25, -0.2) is 14.8 Å². The number of guanidine groups is 1. The standard InChI is InChI=1S/C34H38ClN9O4/c1-48-33(47)26(20-23-15-18-39-19-16-23)41-27(45)14-9-22-7-12-25(13-8-22)24-10-5-21(6-11-24)4-2-3-17-40-34(38)44-32(46)28-30(36)43-31(37)29(35)42-28/h5-8,10-13,15-16,18-19,26H,2-4,9,14,17,20H2,1H3,(H,41,45)(H4,36,37,43)(H3,38,40,44,46)/t26-/m0/s1. The van der Waals surface area contributed by atoms with Crippen molar-refractivity contribution < 1.29 is 19.1 Å². The second-order valence-electron chi connectivity index (χ2n) is 10.9. The Balaban J connectivity index is 1.18. The van der Waals surface area contributed by atoms with E-state index in [-0.39, 0.29) is 40.8 Å². The summed E-state index contributed by atoms with van der Waals surface area (Å²) in [5.41, 5.74) is 22.1. The predicted molar refractivity (Wildman–Crippen MR) is 185 cm³/mol. The first-order valence-electron chi connectivity index (χ1n) is 15.3. The van der Waals surface area contributed by atoms with E-state index in [0.717, 1.165) is 41.5 Å². The van der Waals surface area contributed by atoms with Crippen molar-refractivity contribution in [1.29, 1.82) is 0 Å². The number of rotatable bonds is 14. The number of pyridine rings is 1. The molecule has 0 unspecified atom stereocenters. The molecule has 0 saturated carbocycles. The van der Waals surface area contributed by atoms with Gasteiger partial charge in [-0.15, -0.1) is 0 Å². The van der Waals surface area contributed by atoms with Crippen LogP contribution in [0, 0.1) is 0 Å². The van der Waals surface area contributed by atoms with E-state index in [9.17, 15) is 14.4 Å². The topological polar surface area (TPSA) is 214 Å². The summed E-state index contributed by atoms with van der Waals surface area (Å²) in [7, 11) is 1.31. The number of benzene rings is 2. The van der Waals surface area contributed by atoms with Gasteiger partial charge in [0.25, 0.3) is 5.91 Å². The number of aromatic nitrogens is 3. The number of hydrogen-bond acceptors (Lipinski definition) is 10. The van der Waals surface area contributed by atoms with Crippen LogP contribution in [0.2, 0.25) is 5.15 Å². The maximum atomic E-state index is 12.6. The lowest BCUT2D eigenvalue weighted by Crippen LogP contribution is -2.43. The summed E-state index contributed by atoms with van der Waals surface area (Å²) in [4.78, 5) is 53.0. The van der Waals surface area contributed by atoms with Crippen molar-refractivity contribution in [3.8, 4) is 11.1 Å². The lowest BCUT2D eigenvalue weighted by atomic mass is 9.99. The summed E-state index contributed by atoms with van der Waals surface area (Å²) in [5.74, 6) is -1.67. The summed E-state index contributed by atoms with van der Waals surface area (Å²) >= 11 is 5.82. The molecular formula is C34H38ClN9O4. The first kappa shape index (κ1) is 35.3. The average molecular weight is 672 g/mol. The maximum absolute atomic E-state index is 12.6. The number of amides is 2. The van der Waals surface area contributed by atoms with E-state index in [1.807, 2.05) is 24.3 Å². The van der Waals surface area contributed by atoms with E-state index in [1.54, 1.807) is 24.5 Å². The average Bonchev–Trinajstić information content (AvgIpc) is 3.09. The number of ether oxygens (including phenoxy) is 1. The molecule has 0 radical (unpaired) electrons. The van der Waals surface area contributed by atoms with Gasteiger partial charge in [0.05, 0.1) is 7.11 Å². The summed E-state index contributed by atoms with van der Waals surface area (Å²) in [6.45, 7) is 0.430. The van der Waals surface area contributed by atoms with Crippen LogP contribution in [-0.2, 0) is 33.6 Å². The molecule has 14 heteroatoms. The summed E-state index contributed by atoms with van der Waals surface area (Å²) in [6.07, 6.45) is 6.90. The molecule has 0 bridgehead atoms. The third-order valence-electron chi connectivity index (χ3n) is 7.41. The molecule has 4 aromatic rings. The molecule has 4 rings (SSSR count). The van der Waals surface area contributed by atoms with Gasteiger partial charge in [0.2, 0.25) is 5.91 Å². The summed E-state index contributed by atoms with van der Waals surface area (Å²) in [6, 6.07) is 19.3. The van der Waals surface area contributed by atoms with Gasteiger partial charge in [-0.05, 0) is 65.6 Å². The first-order valence-corrected chi connectivity index (χ1v) is 15.6. The number of nitrogens with one attached hydrogen (secondary N) is 2. The van der Waals surface area contributed by atoms with E-state index in [1.165, 1.54) is 12.7 Å². The number of anilines is 2. The zero-order chi connectivity index (χ0) is 34.5. The van der Waals surface area contributed by atoms with Crippen molar-refractivity contribution in [3.05, 3.63) is 101 Å². The highest BCUT2D eigenvalue weighted by Gasteiger charge is 2.22. The van der Waals surface area contributed by atoms with E-state index in [2.05, 4.69) is 54.8 Å². The third kappa shape index (κ3) is 10.5. The Morgan fingerprint density at radius 1 is 0.854 bits per heavy atom. The van der Waals surface area contributed by atoms with E-state index in [4.69, 9.17) is 33.5 Å². The number of methoxy groups -OCH3 is 1. The van der Waals surface area contributed by atoms with Crippen molar-refractivity contribution >= 4 is 47.0 Å². The first-order chi connectivity index (χ1) is 23.1. The van der Waals surface area contributed by atoms with Gasteiger partial charge >= 0.3 is 5.97 Å². The molecule has 0 spiro atoms. The number of carbonyl (C=O) groups is 3. The molecular weight excluding hydrogens is 634 g/mol. The number of nitrogens with two attached hydrogens (primary N) is 3. The molecule has 0 saturated heterocycles. The minimum atomic E-state index is -0.763. The molecule has 2 amide bonds. The van der Waals surface area contributed by atoms with Gasteiger partial charge < -0.3 is 27.3 Å². The van der Waals surface area contributed by atoms with Crippen molar-refractivity contribution in [2.75, 3.05) is 25.1 Å². The van der Waals surface area contributed by atoms with Crippen LogP contribution in [0.1, 0.15) is 46.4 Å². The fourth-order valence-corrected chi connectivity index (χ4v) is 4.93. The Bertz CT molecular complexity index is 1730. The molecule has 13 nitrogen and oxygen atoms in total. The zero-order valence-electron chi connectivity index (χ0n) is 26.5. The monoisotopic (exact) mass is 671 g/mol. The van der Waals surface area contributed by atoms with Gasteiger partial charge in [-0.1, -0.05) is 60.1 Å². The Morgan fingerprint density at radius 2 is 1.48 bits per heavy atom. The highest BCUT2D eigenvalue weighted by atomic mass is 35.5. The van der Waals surface area contributed by atoms with E-state index in [0.29, 0.717) is 19.4 Å². The maximum Gasteiger partial charge on any atom is 0.328 e. The fraction of sp³-hybridized carbons (Fsp3) is 0.265. The summed E-state index contributed by atoms with van der Waals surface area (Å²) in [5, 5.41) is 5.09. The molecule has 0 aliphatic rings. The quantitative estimate of drug-likeness (QED) is 0.0571. The second-order valence-corrected chi connectivity index (χ2v) is 11.3. The minimum Gasteiger partial charge on any atom is -0.467 e. The van der Waals surface area contributed by atoms with Gasteiger partial charge in [0, 0.05) is 31.8 Å². The minimum absolute atomic E-state index is 0.0584. The molecule has 2 heterocycles. The molecule has 2 aromatic heterocycles. The van der Waals surface area contributed by atoms with Crippen molar-refractivity contribution in [3.63, 3.8) is 0 Å². The number of esters is 1. The number of unbranched alkanes of at least 4 members (excludes halogenated alkanes) is 1. The number of nitrogen functional groups attached to an aromatic ring is 2. The van der Waals surface area contributed by atoms with Crippen LogP contribution < -0.4 is 27.8 Å². The van der Waals surface area contributed by atoms with E-state index >= 15 is 0 Å². The van der Waals surface area contributed by atoms with Crippen LogP contribution in [0.25, 0.3) is 11.1 Å². The predicted octanol–water partition coefficient (Wildman–Crippen LogP) is 3.26. The van der Waals surface area contributed by atoms with Crippen molar-refractivity contribution in [2.24, 2.45) is 10.7 Å². The molecule has 0 aliphatic heterocycles. The van der Waals surface area contributed by atoms with Crippen LogP contribution in [0.4, 0.5) is 11.6 Å². The molecule has 0 fully saturated rings. The Morgan fingerprint density at radius 3 is 2.10 bits per heavy atom. The van der Waals surface area contributed by atoms with Crippen LogP contribution in [-0.4, -0.2) is 58.4 Å². The highest BCUT2D eigenvalue weighted by molar-refractivity contribution is 6.31. The van der Waals surface area contributed by atoms with Crippen LogP contribution in [0.5, 0.6) is 0 Å². The number of nitrogens with zero attached hydrogens (tertiary/aromatic N) is 4. The van der Waals surface area contributed by atoms with Gasteiger partial charge in [0.1, 0.15) is 6.04 Å². The van der Waals surface area contributed by atoms with E-state index < -0.39 is 17.9 Å². The van der Waals surface area contributed by atoms with Crippen LogP contribution in [0.3, 0.4) is 0 Å².